The molecular formula is C28H53NO4. The number of likely N-dealkylation sites (tertiary alicyclic amines) is 1. The summed E-state index contributed by atoms with van der Waals surface area (Å²) >= 11 is 0. The maximum atomic E-state index is 12.0. The topological polar surface area (TPSA) is 55.8 Å². The van der Waals surface area contributed by atoms with Gasteiger partial charge < -0.3 is 9.47 Å². The van der Waals surface area contributed by atoms with Gasteiger partial charge in [0, 0.05) is 31.8 Å². The Morgan fingerprint density at radius 1 is 0.848 bits per heavy atom. The Bertz CT molecular complexity index is 508. The van der Waals surface area contributed by atoms with E-state index in [0.717, 1.165) is 51.6 Å². The summed E-state index contributed by atoms with van der Waals surface area (Å²) in [5, 5.41) is 0. The minimum absolute atomic E-state index is 0.0377. The zero-order valence-corrected chi connectivity index (χ0v) is 22.2. The average Bonchev–Trinajstić information content (AvgIpc) is 3.12. The SMILES string of the molecule is CCCCCCCCCCCOC(=O)CCCCCN1C[C@@H](OC(=O)CCC(C)C)C[C@H]1C. The van der Waals surface area contributed by atoms with Crippen molar-refractivity contribution in [1.82, 2.24) is 4.90 Å². The predicted octanol–water partition coefficient (Wildman–Crippen LogP) is 7.06. The molecule has 0 amide bonds. The van der Waals surface area contributed by atoms with Crippen LogP contribution in [0.1, 0.15) is 130 Å². The molecule has 0 aromatic heterocycles. The first-order chi connectivity index (χ1) is 15.9. The van der Waals surface area contributed by atoms with Crippen molar-refractivity contribution in [2.75, 3.05) is 19.7 Å². The minimum Gasteiger partial charge on any atom is -0.466 e. The normalized spacial score (nSPS) is 18.7. The zero-order chi connectivity index (χ0) is 24.3. The van der Waals surface area contributed by atoms with Crippen LogP contribution in [0.2, 0.25) is 0 Å². The molecule has 0 N–H and O–H groups in total. The third kappa shape index (κ3) is 16.2. The largest absolute Gasteiger partial charge is 0.466 e. The Labute approximate surface area is 204 Å². The third-order valence-electron chi connectivity index (χ3n) is 6.73. The smallest absolute Gasteiger partial charge is 0.306 e. The summed E-state index contributed by atoms with van der Waals surface area (Å²) in [6.45, 7) is 11.2. The number of unbranched alkanes of at least 4 members (excludes halogenated alkanes) is 10. The molecule has 0 unspecified atom stereocenters. The van der Waals surface area contributed by atoms with Crippen molar-refractivity contribution < 1.29 is 19.1 Å². The van der Waals surface area contributed by atoms with Crippen molar-refractivity contribution in [2.24, 2.45) is 5.92 Å². The maximum absolute atomic E-state index is 12.0. The number of hydrogen-bond acceptors (Lipinski definition) is 5. The van der Waals surface area contributed by atoms with Crippen LogP contribution in [0.4, 0.5) is 0 Å². The van der Waals surface area contributed by atoms with Crippen LogP contribution in [0.25, 0.3) is 0 Å². The van der Waals surface area contributed by atoms with E-state index in [1.165, 1.54) is 51.4 Å². The van der Waals surface area contributed by atoms with Crippen LogP contribution in [0.5, 0.6) is 0 Å². The zero-order valence-electron chi connectivity index (χ0n) is 22.2. The molecule has 1 aliphatic heterocycles. The summed E-state index contributed by atoms with van der Waals surface area (Å²) in [4.78, 5) is 26.3. The van der Waals surface area contributed by atoms with E-state index in [2.05, 4.69) is 32.6 Å². The number of carbonyl (C=O) groups is 2. The molecule has 0 spiro atoms. The molecule has 33 heavy (non-hydrogen) atoms. The summed E-state index contributed by atoms with van der Waals surface area (Å²) < 4.78 is 11.1. The first-order valence-electron chi connectivity index (χ1n) is 14.0. The van der Waals surface area contributed by atoms with Crippen molar-refractivity contribution >= 4 is 11.9 Å². The van der Waals surface area contributed by atoms with Gasteiger partial charge >= 0.3 is 11.9 Å². The Balaban J connectivity index is 1.95. The first-order valence-corrected chi connectivity index (χ1v) is 14.0. The van der Waals surface area contributed by atoms with E-state index in [4.69, 9.17) is 9.47 Å². The number of esters is 2. The second-order valence-corrected chi connectivity index (χ2v) is 10.5. The van der Waals surface area contributed by atoms with E-state index in [-0.39, 0.29) is 18.0 Å². The molecule has 1 rings (SSSR count). The van der Waals surface area contributed by atoms with Crippen molar-refractivity contribution in [1.29, 1.82) is 0 Å². The predicted molar refractivity (Wildman–Crippen MR) is 136 cm³/mol. The van der Waals surface area contributed by atoms with Gasteiger partial charge in [0.2, 0.25) is 0 Å². The molecular weight excluding hydrogens is 414 g/mol. The molecule has 1 saturated heterocycles. The van der Waals surface area contributed by atoms with Gasteiger partial charge in [0.05, 0.1) is 6.61 Å². The quantitative estimate of drug-likeness (QED) is 0.142. The lowest BCUT2D eigenvalue weighted by Gasteiger charge is -2.20. The fourth-order valence-corrected chi connectivity index (χ4v) is 4.53. The lowest BCUT2D eigenvalue weighted by Crippen LogP contribution is -2.29. The Kier molecular flexibility index (Phi) is 17.4. The Morgan fingerprint density at radius 3 is 2.15 bits per heavy atom. The average molecular weight is 468 g/mol. The number of carbonyl (C=O) groups excluding carboxylic acids is 2. The highest BCUT2D eigenvalue weighted by atomic mass is 16.5. The maximum Gasteiger partial charge on any atom is 0.306 e. The van der Waals surface area contributed by atoms with Crippen LogP contribution >= 0.6 is 0 Å². The van der Waals surface area contributed by atoms with Crippen molar-refractivity contribution in [3.63, 3.8) is 0 Å². The van der Waals surface area contributed by atoms with Crippen molar-refractivity contribution in [2.45, 2.75) is 143 Å². The highest BCUT2D eigenvalue weighted by Crippen LogP contribution is 2.21. The molecule has 0 radical (unpaired) electrons. The molecule has 0 aliphatic carbocycles. The molecule has 1 heterocycles. The van der Waals surface area contributed by atoms with E-state index in [0.29, 0.717) is 31.4 Å². The van der Waals surface area contributed by atoms with E-state index >= 15 is 0 Å². The molecule has 2 atom stereocenters. The van der Waals surface area contributed by atoms with Crippen LogP contribution in [0.3, 0.4) is 0 Å². The third-order valence-corrected chi connectivity index (χ3v) is 6.73. The van der Waals surface area contributed by atoms with Crippen LogP contribution in [0, 0.1) is 5.92 Å². The number of ether oxygens (including phenoxy) is 2. The van der Waals surface area contributed by atoms with Gasteiger partial charge in [0.1, 0.15) is 6.10 Å². The van der Waals surface area contributed by atoms with Crippen molar-refractivity contribution in [3.05, 3.63) is 0 Å². The van der Waals surface area contributed by atoms with E-state index in [1.807, 2.05) is 0 Å². The first kappa shape index (κ1) is 29.9. The van der Waals surface area contributed by atoms with Gasteiger partial charge in [-0.25, -0.2) is 0 Å². The number of nitrogens with zero attached hydrogens (tertiary/aromatic N) is 1. The summed E-state index contributed by atoms with van der Waals surface area (Å²) in [6, 6.07) is 0.453. The van der Waals surface area contributed by atoms with E-state index in [1.54, 1.807) is 0 Å². The molecule has 5 heteroatoms. The summed E-state index contributed by atoms with van der Waals surface area (Å²) in [5.74, 6) is 0.435. The molecule has 0 bridgehead atoms. The van der Waals surface area contributed by atoms with Gasteiger partial charge in [0.25, 0.3) is 0 Å². The van der Waals surface area contributed by atoms with Crippen LogP contribution in [-0.2, 0) is 19.1 Å². The Morgan fingerprint density at radius 2 is 1.48 bits per heavy atom. The molecule has 194 valence electrons. The molecule has 0 aromatic carbocycles. The fraction of sp³-hybridized carbons (Fsp3) is 0.929. The minimum atomic E-state index is -0.0522. The fourth-order valence-electron chi connectivity index (χ4n) is 4.53. The second-order valence-electron chi connectivity index (χ2n) is 10.5. The van der Waals surface area contributed by atoms with Crippen LogP contribution in [0.15, 0.2) is 0 Å². The summed E-state index contributed by atoms with van der Waals surface area (Å²) in [5.41, 5.74) is 0. The summed E-state index contributed by atoms with van der Waals surface area (Å²) in [6.07, 6.45) is 17.4. The molecule has 0 aromatic rings. The molecule has 1 aliphatic rings. The van der Waals surface area contributed by atoms with E-state index in [9.17, 15) is 9.59 Å². The highest BCUT2D eigenvalue weighted by Gasteiger charge is 2.30. The number of rotatable bonds is 20. The van der Waals surface area contributed by atoms with Gasteiger partial charge in [-0.05, 0) is 45.1 Å². The number of hydrogen-bond donors (Lipinski definition) is 0. The van der Waals surface area contributed by atoms with Gasteiger partial charge in [-0.1, -0.05) is 78.6 Å². The van der Waals surface area contributed by atoms with Crippen LogP contribution < -0.4 is 0 Å². The monoisotopic (exact) mass is 467 g/mol. The molecule has 0 saturated carbocycles. The second kappa shape index (κ2) is 19.2. The highest BCUT2D eigenvalue weighted by molar-refractivity contribution is 5.69. The van der Waals surface area contributed by atoms with Gasteiger partial charge in [0.15, 0.2) is 0 Å². The lowest BCUT2D eigenvalue weighted by atomic mass is 10.1. The molecule has 5 nitrogen and oxygen atoms in total. The van der Waals surface area contributed by atoms with Gasteiger partial charge in [-0.3, -0.25) is 14.5 Å². The van der Waals surface area contributed by atoms with Crippen LogP contribution in [-0.4, -0.2) is 48.7 Å². The Hall–Kier alpha value is -1.10. The molecule has 1 fully saturated rings. The lowest BCUT2D eigenvalue weighted by molar-refractivity contribution is -0.148. The van der Waals surface area contributed by atoms with E-state index < -0.39 is 0 Å². The standard InChI is InChI=1S/C28H53NO4/c1-5-6-7-8-9-10-11-12-16-21-32-27(30)17-14-13-15-20-29-23-26(22-25(29)4)33-28(31)19-18-24(2)3/h24-26H,5-23H2,1-4H3/t25-,26+/m1/s1. The van der Waals surface area contributed by atoms with Gasteiger partial charge in [-0.15, -0.1) is 0 Å². The van der Waals surface area contributed by atoms with Gasteiger partial charge in [-0.2, -0.15) is 0 Å². The van der Waals surface area contributed by atoms with Crippen molar-refractivity contribution in [3.8, 4) is 0 Å². The summed E-state index contributed by atoms with van der Waals surface area (Å²) in [7, 11) is 0.